The largest absolute Gasteiger partial charge is 0.492 e. The maximum Gasteiger partial charge on any atom is 0.119 e. The lowest BCUT2D eigenvalue weighted by Crippen LogP contribution is -2.44. The van der Waals surface area contributed by atoms with Gasteiger partial charge in [-0.25, -0.2) is 0 Å². The number of rotatable bonds is 4. The first kappa shape index (κ1) is 14.3. The molecule has 0 radical (unpaired) electrons. The van der Waals surface area contributed by atoms with Crippen LogP contribution in [0.2, 0.25) is 0 Å². The summed E-state index contributed by atoms with van der Waals surface area (Å²) >= 11 is 0. The van der Waals surface area contributed by atoms with E-state index in [1.807, 2.05) is 30.3 Å². The zero-order valence-electron chi connectivity index (χ0n) is 10.0. The molecule has 0 amide bonds. The van der Waals surface area contributed by atoms with Crippen molar-refractivity contribution < 1.29 is 4.74 Å². The van der Waals surface area contributed by atoms with Crippen LogP contribution in [0, 0.1) is 0 Å². The molecular formula is C13H21ClN2O. The van der Waals surface area contributed by atoms with E-state index in [1.54, 1.807) is 0 Å². The minimum absolute atomic E-state index is 0. The number of nitrogens with zero attached hydrogens (tertiary/aromatic N) is 1. The van der Waals surface area contributed by atoms with Crippen molar-refractivity contribution in [2.45, 2.75) is 18.9 Å². The number of hydrogen-bond acceptors (Lipinski definition) is 3. The van der Waals surface area contributed by atoms with E-state index in [1.165, 1.54) is 6.42 Å². The molecule has 0 aliphatic carbocycles. The van der Waals surface area contributed by atoms with Gasteiger partial charge in [0.2, 0.25) is 0 Å². The highest BCUT2D eigenvalue weighted by atomic mass is 35.5. The van der Waals surface area contributed by atoms with Gasteiger partial charge in [0.15, 0.2) is 0 Å². The summed E-state index contributed by atoms with van der Waals surface area (Å²) < 4.78 is 5.66. The van der Waals surface area contributed by atoms with Crippen molar-refractivity contribution in [1.82, 2.24) is 4.90 Å². The Hall–Kier alpha value is -0.770. The zero-order valence-corrected chi connectivity index (χ0v) is 10.9. The molecule has 1 heterocycles. The van der Waals surface area contributed by atoms with Crippen LogP contribution in [-0.4, -0.2) is 37.2 Å². The minimum Gasteiger partial charge on any atom is -0.492 e. The zero-order chi connectivity index (χ0) is 11.2. The van der Waals surface area contributed by atoms with E-state index >= 15 is 0 Å². The smallest absolute Gasteiger partial charge is 0.119 e. The molecule has 2 rings (SSSR count). The average Bonchev–Trinajstić information content (AvgIpc) is 2.30. The summed E-state index contributed by atoms with van der Waals surface area (Å²) in [5.74, 6) is 0.948. The second kappa shape index (κ2) is 7.54. The van der Waals surface area contributed by atoms with Crippen molar-refractivity contribution in [3.05, 3.63) is 30.3 Å². The van der Waals surface area contributed by atoms with Gasteiger partial charge in [-0.1, -0.05) is 18.2 Å². The van der Waals surface area contributed by atoms with E-state index in [9.17, 15) is 0 Å². The molecule has 4 heteroatoms. The molecule has 1 fully saturated rings. The molecule has 1 aliphatic heterocycles. The third-order valence-electron chi connectivity index (χ3n) is 2.96. The van der Waals surface area contributed by atoms with Crippen LogP contribution in [-0.2, 0) is 0 Å². The summed E-state index contributed by atoms with van der Waals surface area (Å²) in [6, 6.07) is 10.3. The Morgan fingerprint density at radius 3 is 2.76 bits per heavy atom. The van der Waals surface area contributed by atoms with Crippen LogP contribution in [0.1, 0.15) is 12.8 Å². The molecule has 2 N–H and O–H groups in total. The van der Waals surface area contributed by atoms with Crippen molar-refractivity contribution in [2.24, 2.45) is 5.73 Å². The van der Waals surface area contributed by atoms with Crippen LogP contribution < -0.4 is 10.5 Å². The first-order valence-corrected chi connectivity index (χ1v) is 6.00. The van der Waals surface area contributed by atoms with Crippen LogP contribution in [0.25, 0.3) is 0 Å². The molecule has 96 valence electrons. The number of para-hydroxylation sites is 1. The Morgan fingerprint density at radius 2 is 2.06 bits per heavy atom. The second-order valence-corrected chi connectivity index (χ2v) is 4.36. The number of hydrogen-bond donors (Lipinski definition) is 1. The van der Waals surface area contributed by atoms with Crippen LogP contribution in [0.3, 0.4) is 0 Å². The van der Waals surface area contributed by atoms with Crippen LogP contribution in [0.15, 0.2) is 30.3 Å². The first-order chi connectivity index (χ1) is 7.84. The lowest BCUT2D eigenvalue weighted by atomic mass is 10.1. The van der Waals surface area contributed by atoms with Gasteiger partial charge >= 0.3 is 0 Å². The molecule has 17 heavy (non-hydrogen) atoms. The monoisotopic (exact) mass is 256 g/mol. The van der Waals surface area contributed by atoms with E-state index in [0.29, 0.717) is 6.04 Å². The molecule has 0 bridgehead atoms. The lowest BCUT2D eigenvalue weighted by molar-refractivity contribution is 0.171. The lowest BCUT2D eigenvalue weighted by Gasteiger charge is -2.30. The number of nitrogens with two attached hydrogens (primary N) is 1. The highest BCUT2D eigenvalue weighted by Gasteiger charge is 2.15. The van der Waals surface area contributed by atoms with Crippen molar-refractivity contribution in [1.29, 1.82) is 0 Å². The van der Waals surface area contributed by atoms with Gasteiger partial charge in [0.05, 0.1) is 0 Å². The van der Waals surface area contributed by atoms with Crippen molar-refractivity contribution >= 4 is 12.4 Å². The van der Waals surface area contributed by atoms with Crippen molar-refractivity contribution in [3.8, 4) is 5.75 Å². The molecule has 1 saturated heterocycles. The van der Waals surface area contributed by atoms with Gasteiger partial charge < -0.3 is 10.5 Å². The third kappa shape index (κ3) is 4.94. The number of benzene rings is 1. The normalized spacial score (nSPS) is 20.6. The number of piperidine rings is 1. The van der Waals surface area contributed by atoms with Gasteiger partial charge in [-0.2, -0.15) is 0 Å². The Bertz CT molecular complexity index is 308. The van der Waals surface area contributed by atoms with Gasteiger partial charge in [-0.15, -0.1) is 12.4 Å². The number of ether oxygens (including phenoxy) is 1. The van der Waals surface area contributed by atoms with Crippen LogP contribution in [0.4, 0.5) is 0 Å². The maximum absolute atomic E-state index is 5.93. The fourth-order valence-corrected chi connectivity index (χ4v) is 2.10. The predicted molar refractivity (Wildman–Crippen MR) is 72.8 cm³/mol. The standard InChI is InChI=1S/C13H20N2O.ClH/c14-12-5-4-8-15(11-12)9-10-16-13-6-2-1-3-7-13;/h1-3,6-7,12H,4-5,8-11,14H2;1H/t12-;/m1./s1. The highest BCUT2D eigenvalue weighted by Crippen LogP contribution is 2.10. The molecule has 0 aromatic heterocycles. The summed E-state index contributed by atoms with van der Waals surface area (Å²) in [7, 11) is 0. The molecule has 0 spiro atoms. The molecular weight excluding hydrogens is 236 g/mol. The SMILES string of the molecule is Cl.N[C@@H]1CCCN(CCOc2ccccc2)C1. The van der Waals surface area contributed by atoms with E-state index in [4.69, 9.17) is 10.5 Å². The molecule has 1 atom stereocenters. The molecule has 1 aromatic carbocycles. The van der Waals surface area contributed by atoms with Crippen LogP contribution >= 0.6 is 12.4 Å². The topological polar surface area (TPSA) is 38.5 Å². The van der Waals surface area contributed by atoms with E-state index in [2.05, 4.69) is 4.90 Å². The molecule has 0 unspecified atom stereocenters. The summed E-state index contributed by atoms with van der Waals surface area (Å²) in [4.78, 5) is 2.39. The predicted octanol–water partition coefficient (Wildman–Crippen LogP) is 1.91. The fourth-order valence-electron chi connectivity index (χ4n) is 2.10. The van der Waals surface area contributed by atoms with Gasteiger partial charge in [0, 0.05) is 19.1 Å². The van der Waals surface area contributed by atoms with E-state index < -0.39 is 0 Å². The third-order valence-corrected chi connectivity index (χ3v) is 2.96. The van der Waals surface area contributed by atoms with Gasteiger partial charge in [0.1, 0.15) is 12.4 Å². The maximum atomic E-state index is 5.93. The first-order valence-electron chi connectivity index (χ1n) is 6.00. The highest BCUT2D eigenvalue weighted by molar-refractivity contribution is 5.85. The summed E-state index contributed by atoms with van der Waals surface area (Å²) in [6.07, 6.45) is 2.38. The molecule has 1 aliphatic rings. The summed E-state index contributed by atoms with van der Waals surface area (Å²) in [5.41, 5.74) is 5.93. The van der Waals surface area contributed by atoms with Gasteiger partial charge in [-0.05, 0) is 31.5 Å². The minimum atomic E-state index is 0. The van der Waals surface area contributed by atoms with Gasteiger partial charge in [0.25, 0.3) is 0 Å². The van der Waals surface area contributed by atoms with E-state index in [-0.39, 0.29) is 12.4 Å². The average molecular weight is 257 g/mol. The molecule has 0 saturated carbocycles. The summed E-state index contributed by atoms with van der Waals surface area (Å²) in [5, 5.41) is 0. The number of likely N-dealkylation sites (tertiary alicyclic amines) is 1. The van der Waals surface area contributed by atoms with Crippen molar-refractivity contribution in [2.75, 3.05) is 26.2 Å². The van der Waals surface area contributed by atoms with E-state index in [0.717, 1.165) is 38.4 Å². The Balaban J connectivity index is 0.00000144. The Kier molecular flexibility index (Phi) is 6.34. The Labute approximate surface area is 109 Å². The van der Waals surface area contributed by atoms with Crippen LogP contribution in [0.5, 0.6) is 5.75 Å². The van der Waals surface area contributed by atoms with Gasteiger partial charge in [-0.3, -0.25) is 4.90 Å². The molecule has 1 aromatic rings. The quantitative estimate of drug-likeness (QED) is 0.895. The van der Waals surface area contributed by atoms with Crippen molar-refractivity contribution in [3.63, 3.8) is 0 Å². The Morgan fingerprint density at radius 1 is 1.29 bits per heavy atom. The number of halogens is 1. The molecule has 3 nitrogen and oxygen atoms in total. The summed E-state index contributed by atoms with van der Waals surface area (Å²) in [6.45, 7) is 3.89. The fraction of sp³-hybridized carbons (Fsp3) is 0.538. The second-order valence-electron chi connectivity index (χ2n) is 4.36.